The molecule has 0 fully saturated rings. The first-order chi connectivity index (χ1) is 10.7. The fourth-order valence-electron chi connectivity index (χ4n) is 2.28. The molecule has 0 unspecified atom stereocenters. The number of nitrogens with one attached hydrogen (secondary N) is 1. The van der Waals surface area contributed by atoms with Crippen LogP contribution in [-0.2, 0) is 11.3 Å². The number of hydrogen-bond donors (Lipinski definition) is 1. The number of ether oxygens (including phenoxy) is 1. The third-order valence-corrected chi connectivity index (χ3v) is 4.41. The minimum atomic E-state index is -0.365. The second-order valence-electron chi connectivity index (χ2n) is 4.63. The molecule has 0 aliphatic rings. The Kier molecular flexibility index (Phi) is 4.27. The Morgan fingerprint density at radius 2 is 2.14 bits per heavy atom. The van der Waals surface area contributed by atoms with Crippen molar-refractivity contribution in [3.63, 3.8) is 0 Å². The van der Waals surface area contributed by atoms with Gasteiger partial charge >= 0.3 is 5.97 Å². The predicted molar refractivity (Wildman–Crippen MR) is 89.7 cm³/mol. The Balaban J connectivity index is 2.02. The molecule has 0 aliphatic carbocycles. The van der Waals surface area contributed by atoms with Gasteiger partial charge in [-0.1, -0.05) is 41.9 Å². The number of fused-ring (bicyclic) bond motifs is 1. The van der Waals surface area contributed by atoms with Gasteiger partial charge in [0.1, 0.15) is 0 Å². The summed E-state index contributed by atoms with van der Waals surface area (Å²) in [6.07, 6.45) is 1.73. The molecule has 0 bridgehead atoms. The van der Waals surface area contributed by atoms with Gasteiger partial charge in [0.15, 0.2) is 4.47 Å². The number of carbonyl (C=O) groups excluding carboxylic acids is 1. The Bertz CT molecular complexity index is 832. The van der Waals surface area contributed by atoms with Crippen molar-refractivity contribution in [2.24, 2.45) is 0 Å². The van der Waals surface area contributed by atoms with Crippen LogP contribution in [0.5, 0.6) is 0 Å². The lowest BCUT2D eigenvalue weighted by Crippen LogP contribution is -2.08. The first-order valence-corrected chi connectivity index (χ1v) is 7.82. The van der Waals surface area contributed by atoms with E-state index in [1.165, 1.54) is 18.4 Å². The molecule has 2 aromatic carbocycles. The van der Waals surface area contributed by atoms with Gasteiger partial charge in [0, 0.05) is 16.5 Å². The smallest absolute Gasteiger partial charge is 0.339 e. The van der Waals surface area contributed by atoms with Crippen molar-refractivity contribution in [1.82, 2.24) is 4.98 Å². The zero-order valence-corrected chi connectivity index (χ0v) is 13.4. The maximum atomic E-state index is 12.0. The number of rotatable bonds is 4. The summed E-state index contributed by atoms with van der Waals surface area (Å²) in [5, 5.41) is 5.34. The summed E-state index contributed by atoms with van der Waals surface area (Å²) < 4.78 is 5.37. The van der Waals surface area contributed by atoms with Gasteiger partial charge in [-0.25, -0.2) is 9.78 Å². The van der Waals surface area contributed by atoms with Crippen LogP contribution in [0.4, 0.5) is 5.69 Å². The lowest BCUT2D eigenvalue weighted by molar-refractivity contribution is 0.0602. The van der Waals surface area contributed by atoms with Crippen molar-refractivity contribution in [2.75, 3.05) is 12.4 Å². The van der Waals surface area contributed by atoms with E-state index >= 15 is 0 Å². The second-order valence-corrected chi connectivity index (χ2v) is 6.33. The average molecular weight is 333 g/mol. The van der Waals surface area contributed by atoms with Crippen molar-refractivity contribution in [3.8, 4) is 0 Å². The summed E-state index contributed by atoms with van der Waals surface area (Å²) in [5.74, 6) is -0.365. The minimum absolute atomic E-state index is 0.365. The first-order valence-electron chi connectivity index (χ1n) is 6.63. The largest absolute Gasteiger partial charge is 0.465 e. The lowest BCUT2D eigenvalue weighted by atomic mass is 10.0. The molecular formula is C16H13ClN2O2S. The van der Waals surface area contributed by atoms with Gasteiger partial charge < -0.3 is 10.1 Å². The Labute approximate surface area is 136 Å². The van der Waals surface area contributed by atoms with Gasteiger partial charge in [-0.3, -0.25) is 0 Å². The third kappa shape index (κ3) is 2.91. The van der Waals surface area contributed by atoms with E-state index in [9.17, 15) is 4.79 Å². The quantitative estimate of drug-likeness (QED) is 0.722. The molecule has 0 spiro atoms. The zero-order valence-electron chi connectivity index (χ0n) is 11.8. The number of thiazole rings is 1. The van der Waals surface area contributed by atoms with Crippen molar-refractivity contribution in [2.45, 2.75) is 6.54 Å². The molecule has 0 saturated heterocycles. The fraction of sp³-hybridized carbons (Fsp3) is 0.125. The van der Waals surface area contributed by atoms with Gasteiger partial charge in [-0.05, 0) is 11.5 Å². The number of esters is 1. The van der Waals surface area contributed by atoms with Crippen LogP contribution in [0.1, 0.15) is 15.2 Å². The van der Waals surface area contributed by atoms with E-state index < -0.39 is 0 Å². The average Bonchev–Trinajstić information content (AvgIpc) is 2.97. The molecule has 0 amide bonds. The molecule has 6 heteroatoms. The zero-order chi connectivity index (χ0) is 15.5. The van der Waals surface area contributed by atoms with Crippen molar-refractivity contribution in [3.05, 3.63) is 57.5 Å². The van der Waals surface area contributed by atoms with Crippen molar-refractivity contribution < 1.29 is 9.53 Å². The first kappa shape index (κ1) is 14.8. The van der Waals surface area contributed by atoms with E-state index in [0.717, 1.165) is 21.3 Å². The van der Waals surface area contributed by atoms with Crippen molar-refractivity contribution >= 4 is 45.4 Å². The van der Waals surface area contributed by atoms with E-state index in [1.807, 2.05) is 30.3 Å². The van der Waals surface area contributed by atoms with Gasteiger partial charge in [0.25, 0.3) is 0 Å². The number of halogens is 1. The molecule has 1 heterocycles. The highest BCUT2D eigenvalue weighted by molar-refractivity contribution is 7.15. The normalized spacial score (nSPS) is 10.6. The lowest BCUT2D eigenvalue weighted by Gasteiger charge is -2.13. The number of carbonyl (C=O) groups is 1. The van der Waals surface area contributed by atoms with Gasteiger partial charge in [-0.15, -0.1) is 11.3 Å². The maximum Gasteiger partial charge on any atom is 0.339 e. The number of aromatic nitrogens is 1. The number of nitrogens with zero attached hydrogens (tertiary/aromatic N) is 1. The number of anilines is 1. The summed E-state index contributed by atoms with van der Waals surface area (Å²) in [7, 11) is 1.38. The number of hydrogen-bond acceptors (Lipinski definition) is 5. The Morgan fingerprint density at radius 1 is 1.32 bits per heavy atom. The molecule has 3 rings (SSSR count). The van der Waals surface area contributed by atoms with E-state index in [2.05, 4.69) is 10.3 Å². The number of benzene rings is 2. The fourth-order valence-corrected chi connectivity index (χ4v) is 3.20. The van der Waals surface area contributed by atoms with E-state index in [4.69, 9.17) is 16.3 Å². The predicted octanol–water partition coefficient (Wildman–Crippen LogP) is 4.35. The molecule has 1 N–H and O–H groups in total. The highest BCUT2D eigenvalue weighted by Gasteiger charge is 2.15. The molecule has 112 valence electrons. The molecule has 0 saturated carbocycles. The van der Waals surface area contributed by atoms with Crippen LogP contribution in [0, 0.1) is 0 Å². The van der Waals surface area contributed by atoms with Crippen LogP contribution in [0.3, 0.4) is 0 Å². The van der Waals surface area contributed by atoms with E-state index in [1.54, 1.807) is 12.3 Å². The van der Waals surface area contributed by atoms with Crippen LogP contribution in [0.25, 0.3) is 10.8 Å². The summed E-state index contributed by atoms with van der Waals surface area (Å²) >= 11 is 7.25. The van der Waals surface area contributed by atoms with Crippen LogP contribution in [0.15, 0.2) is 42.6 Å². The molecule has 0 atom stereocenters. The standard InChI is InChI=1S/C16H13ClN2O2S/c1-21-15(20)13-7-6-10-4-2-3-5-12(10)14(13)18-8-11-9-19-16(17)22-11/h2-7,9,18H,8H2,1H3. The number of methoxy groups -OCH3 is 1. The molecule has 3 aromatic rings. The van der Waals surface area contributed by atoms with Gasteiger partial charge in [0.2, 0.25) is 0 Å². The summed E-state index contributed by atoms with van der Waals surface area (Å²) in [5.41, 5.74) is 1.27. The molecule has 0 radical (unpaired) electrons. The molecule has 22 heavy (non-hydrogen) atoms. The topological polar surface area (TPSA) is 51.2 Å². The highest BCUT2D eigenvalue weighted by atomic mass is 35.5. The highest BCUT2D eigenvalue weighted by Crippen LogP contribution is 2.29. The summed E-state index contributed by atoms with van der Waals surface area (Å²) in [6.45, 7) is 0.544. The summed E-state index contributed by atoms with van der Waals surface area (Å²) in [4.78, 5) is 17.0. The third-order valence-electron chi connectivity index (χ3n) is 3.30. The van der Waals surface area contributed by atoms with E-state index in [-0.39, 0.29) is 5.97 Å². The van der Waals surface area contributed by atoms with Crippen LogP contribution >= 0.6 is 22.9 Å². The molecular weight excluding hydrogens is 320 g/mol. The SMILES string of the molecule is COC(=O)c1ccc2ccccc2c1NCc1cnc(Cl)s1. The van der Waals surface area contributed by atoms with Crippen LogP contribution in [-0.4, -0.2) is 18.1 Å². The van der Waals surface area contributed by atoms with Crippen LogP contribution < -0.4 is 5.32 Å². The van der Waals surface area contributed by atoms with Gasteiger partial charge in [0.05, 0.1) is 24.9 Å². The molecule has 1 aromatic heterocycles. The Morgan fingerprint density at radius 3 is 2.86 bits per heavy atom. The monoisotopic (exact) mass is 332 g/mol. The Hall–Kier alpha value is -2.11. The maximum absolute atomic E-state index is 12.0. The van der Waals surface area contributed by atoms with Crippen LogP contribution in [0.2, 0.25) is 4.47 Å². The summed E-state index contributed by atoms with van der Waals surface area (Å²) in [6, 6.07) is 11.6. The van der Waals surface area contributed by atoms with Crippen molar-refractivity contribution in [1.29, 1.82) is 0 Å². The van der Waals surface area contributed by atoms with E-state index in [0.29, 0.717) is 16.6 Å². The second kappa shape index (κ2) is 6.34. The minimum Gasteiger partial charge on any atom is -0.465 e. The van der Waals surface area contributed by atoms with Gasteiger partial charge in [-0.2, -0.15) is 0 Å². The molecule has 4 nitrogen and oxygen atoms in total. The molecule has 0 aliphatic heterocycles.